The van der Waals surface area contributed by atoms with Gasteiger partial charge in [0.2, 0.25) is 23.3 Å². The Hall–Kier alpha value is -6.15. The molecule has 0 N–H and O–H groups in total. The molecular weight excluding hydrogens is 979 g/mol. The molecule has 0 saturated carbocycles. The Labute approximate surface area is 387 Å². The first kappa shape index (κ1) is 56.4. The fourth-order valence-electron chi connectivity index (χ4n) is 7.95. The third-order valence-corrected chi connectivity index (χ3v) is 12.0. The molecule has 6 rings (SSSR count). The summed E-state index contributed by atoms with van der Waals surface area (Å²) in [5.74, 6) is -55.2. The third-order valence-electron chi connectivity index (χ3n) is 12.0. The number of rotatable bonds is 12. The minimum absolute atomic E-state index is 0. The van der Waals surface area contributed by atoms with Gasteiger partial charge in [0, 0.05) is 22.8 Å². The molecule has 0 aliphatic carbocycles. The van der Waals surface area contributed by atoms with Crippen molar-refractivity contribution in [3.05, 3.63) is 216 Å². The van der Waals surface area contributed by atoms with Gasteiger partial charge in [0.25, 0.3) is 0 Å². The van der Waals surface area contributed by atoms with Gasteiger partial charge < -0.3 is 0 Å². The summed E-state index contributed by atoms with van der Waals surface area (Å²) in [6.07, 6.45) is -14.3. The zero-order chi connectivity index (χ0) is 51.9. The largest absolute Gasteiger partial charge is 0.203 e. The number of aryl methyl sites for hydroxylation is 1. The Kier molecular flexibility index (Phi) is 17.3. The molecule has 0 nitrogen and oxygen atoms in total. The summed E-state index contributed by atoms with van der Waals surface area (Å²) >= 11 is 0. The second kappa shape index (κ2) is 21.5. The summed E-state index contributed by atoms with van der Waals surface area (Å²) in [7, 11) is 0. The predicted octanol–water partition coefficient (Wildman–Crippen LogP) is 15.7. The zero-order valence-electron chi connectivity index (χ0n) is 36.1. The van der Waals surface area contributed by atoms with E-state index in [4.69, 9.17) is 0 Å². The van der Waals surface area contributed by atoms with Gasteiger partial charge >= 0.3 is 0 Å². The maximum Gasteiger partial charge on any atom is 0.200 e. The SMILES string of the molecule is C.Fc1c(F)c(F)c(CC[B-](Cc2c(F)c(F)c(F)c(F)c2F)(Cc2c(F)c(F)c(F)c(F)c2F)Cc2c(F)c(F)c(F)c(F)c2F)c(F)c1F.[CH2+]C(C)(c1ccc(C)cc1)c1ccc(C(C)C)cc1. The molecule has 0 aliphatic rings. The van der Waals surface area contributed by atoms with E-state index < -0.39 is 176 Å². The van der Waals surface area contributed by atoms with Gasteiger partial charge in [-0.3, -0.25) is 0 Å². The molecule has 0 heterocycles. The highest BCUT2D eigenvalue weighted by atomic mass is 19.2. The van der Waals surface area contributed by atoms with Crippen molar-refractivity contribution in [2.24, 2.45) is 0 Å². The van der Waals surface area contributed by atoms with Crippen LogP contribution in [0.4, 0.5) is 87.8 Å². The Morgan fingerprint density at radius 3 is 0.871 bits per heavy atom. The first-order valence-corrected chi connectivity index (χ1v) is 20.3. The molecule has 376 valence electrons. The normalized spacial score (nSPS) is 12.5. The summed E-state index contributed by atoms with van der Waals surface area (Å²) in [6.45, 7) is 13.2. The molecule has 0 aromatic heterocycles. The zero-order valence-corrected chi connectivity index (χ0v) is 36.1. The molecular formula is C49H37BF20. The van der Waals surface area contributed by atoms with Crippen molar-refractivity contribution >= 4 is 6.15 Å². The average Bonchev–Trinajstić information content (AvgIpc) is 3.33. The fraction of sp³-hybridized carbons (Fsp3) is 0.245. The van der Waals surface area contributed by atoms with Gasteiger partial charge in [-0.2, -0.15) is 6.32 Å². The molecule has 6 aromatic carbocycles. The summed E-state index contributed by atoms with van der Waals surface area (Å²) in [6, 6.07) is 17.5. The smallest absolute Gasteiger partial charge is 0.200 e. The standard InChI is InChI=1S/C29H10BF20.C19H23.CH4/c31-10-6(11(32)19(40)26(47)18(10)39)1-2-30(3-7-12(33)20(41)27(48)21(42)13(7)34,4-8-14(35)22(43)28(49)23(44)15(8)36)5-9-16(37)24(45)29(50)25(46)17(9)38;1-14(2)16-8-12-18(13-9-16)19(4,5)17-10-6-15(3)7-11-17;/h1-5H2;6-14H,4H2,1-3,5H3;1H4/q-1;+1;. The lowest BCUT2D eigenvalue weighted by Gasteiger charge is -2.41. The second-order valence-corrected chi connectivity index (χ2v) is 17.1. The van der Waals surface area contributed by atoms with Crippen LogP contribution in [0, 0.1) is 130 Å². The third kappa shape index (κ3) is 10.6. The average molecular weight is 1020 g/mol. The van der Waals surface area contributed by atoms with Crippen molar-refractivity contribution in [2.75, 3.05) is 0 Å². The Morgan fingerprint density at radius 1 is 0.386 bits per heavy atom. The first-order valence-electron chi connectivity index (χ1n) is 20.3. The van der Waals surface area contributed by atoms with Crippen molar-refractivity contribution in [3.8, 4) is 0 Å². The number of hydrogen-bond donors (Lipinski definition) is 0. The minimum Gasteiger partial charge on any atom is -0.203 e. The van der Waals surface area contributed by atoms with Gasteiger partial charge in [-0.05, 0) is 42.0 Å². The van der Waals surface area contributed by atoms with E-state index in [0.29, 0.717) is 5.92 Å². The monoisotopic (exact) mass is 1020 g/mol. The minimum atomic E-state index is -4.45. The van der Waals surface area contributed by atoms with Crippen LogP contribution in [0.25, 0.3) is 0 Å². The lowest BCUT2D eigenvalue weighted by Crippen LogP contribution is -2.46. The van der Waals surface area contributed by atoms with Crippen LogP contribution in [0.5, 0.6) is 0 Å². The maximum atomic E-state index is 14.9. The molecule has 0 spiro atoms. The van der Waals surface area contributed by atoms with Crippen molar-refractivity contribution in [1.82, 2.24) is 0 Å². The van der Waals surface area contributed by atoms with E-state index in [-0.39, 0.29) is 12.8 Å². The van der Waals surface area contributed by atoms with Gasteiger partial charge in [-0.1, -0.05) is 81.8 Å². The van der Waals surface area contributed by atoms with Crippen LogP contribution in [0.2, 0.25) is 6.32 Å². The first-order chi connectivity index (χ1) is 32.0. The van der Waals surface area contributed by atoms with Gasteiger partial charge in [0.15, 0.2) is 98.5 Å². The molecule has 0 fully saturated rings. The summed E-state index contributed by atoms with van der Waals surface area (Å²) in [5.41, 5.74) is -3.28. The van der Waals surface area contributed by atoms with Gasteiger partial charge in [-0.15, -0.1) is 19.0 Å². The van der Waals surface area contributed by atoms with Crippen LogP contribution in [-0.2, 0) is 30.8 Å². The van der Waals surface area contributed by atoms with Crippen LogP contribution < -0.4 is 0 Å². The summed E-state index contributed by atoms with van der Waals surface area (Å²) < 4.78 is 287. The molecule has 70 heavy (non-hydrogen) atoms. The molecule has 6 aromatic rings. The number of hydrogen-bond acceptors (Lipinski definition) is 0. The van der Waals surface area contributed by atoms with E-state index in [0.717, 1.165) is 0 Å². The maximum absolute atomic E-state index is 14.9. The summed E-state index contributed by atoms with van der Waals surface area (Å²) in [4.78, 5) is 0. The van der Waals surface area contributed by atoms with E-state index in [1.807, 2.05) is 0 Å². The van der Waals surface area contributed by atoms with E-state index in [1.165, 1.54) is 22.3 Å². The highest BCUT2D eigenvalue weighted by Crippen LogP contribution is 2.38. The second-order valence-electron chi connectivity index (χ2n) is 17.1. The molecule has 0 saturated heterocycles. The van der Waals surface area contributed by atoms with Crippen molar-refractivity contribution in [1.29, 1.82) is 0 Å². The molecule has 0 bridgehead atoms. The van der Waals surface area contributed by atoms with Crippen LogP contribution in [-0.4, -0.2) is 6.15 Å². The Balaban J connectivity index is 0.000000444. The lowest BCUT2D eigenvalue weighted by atomic mass is 9.16. The highest BCUT2D eigenvalue weighted by Gasteiger charge is 2.39. The lowest BCUT2D eigenvalue weighted by molar-refractivity contribution is 0.368. The Morgan fingerprint density at radius 2 is 0.614 bits per heavy atom. The van der Waals surface area contributed by atoms with Gasteiger partial charge in [0.05, 0.1) is 6.92 Å². The van der Waals surface area contributed by atoms with E-state index in [1.54, 1.807) is 0 Å². The molecule has 0 amide bonds. The van der Waals surface area contributed by atoms with E-state index >= 15 is 0 Å². The van der Waals surface area contributed by atoms with Gasteiger partial charge in [-0.25, -0.2) is 87.8 Å². The molecule has 0 radical (unpaired) electrons. The molecule has 0 aliphatic heterocycles. The number of benzene rings is 6. The molecule has 1 atom stereocenters. The van der Waals surface area contributed by atoms with Crippen LogP contribution >= 0.6 is 0 Å². The number of halogens is 20. The topological polar surface area (TPSA) is 0 Å². The highest BCUT2D eigenvalue weighted by molar-refractivity contribution is 6.78. The molecule has 21 heteroatoms. The summed E-state index contributed by atoms with van der Waals surface area (Å²) in [5, 5.41) is 0. The van der Waals surface area contributed by atoms with E-state index in [2.05, 4.69) is 83.1 Å². The van der Waals surface area contributed by atoms with Crippen LogP contribution in [0.15, 0.2) is 48.5 Å². The van der Waals surface area contributed by atoms with Crippen LogP contribution in [0.3, 0.4) is 0 Å². The van der Waals surface area contributed by atoms with Gasteiger partial charge in [0.1, 0.15) is 0 Å². The van der Waals surface area contributed by atoms with E-state index in [9.17, 15) is 87.8 Å². The van der Waals surface area contributed by atoms with Crippen LogP contribution in [0.1, 0.15) is 78.6 Å². The van der Waals surface area contributed by atoms with Crippen molar-refractivity contribution < 1.29 is 87.8 Å². The van der Waals surface area contributed by atoms with Crippen molar-refractivity contribution in [3.63, 3.8) is 0 Å². The quantitative estimate of drug-likeness (QED) is 0.0377. The molecule has 1 unspecified atom stereocenters. The fourth-order valence-corrected chi connectivity index (χ4v) is 7.95. The predicted molar refractivity (Wildman–Crippen MR) is 221 cm³/mol. The Bertz CT molecular complexity index is 2640. The van der Waals surface area contributed by atoms with Crippen molar-refractivity contribution in [2.45, 2.75) is 78.2 Å².